The molecule has 6 heteroatoms. The van der Waals surface area contributed by atoms with Crippen LogP contribution in [0.15, 0.2) is 0 Å². The molecule has 0 aliphatic carbocycles. The van der Waals surface area contributed by atoms with Gasteiger partial charge < -0.3 is 18.6 Å². The molecule has 72 valence electrons. The molecule has 0 heterocycles. The summed E-state index contributed by atoms with van der Waals surface area (Å²) in [5.41, 5.74) is 0. The van der Waals surface area contributed by atoms with E-state index in [1.807, 2.05) is 6.92 Å². The zero-order valence-corrected chi connectivity index (χ0v) is 8.84. The first-order valence-corrected chi connectivity index (χ1v) is 5.63. The third-order valence-electron chi connectivity index (χ3n) is 1.60. The predicted molar refractivity (Wildman–Crippen MR) is 45.8 cm³/mol. The van der Waals surface area contributed by atoms with Gasteiger partial charge >= 0.3 is 14.8 Å². The second-order valence-electron chi connectivity index (χ2n) is 2.13. The van der Waals surface area contributed by atoms with Crippen LogP contribution in [0.25, 0.3) is 0 Å². The van der Waals surface area contributed by atoms with Gasteiger partial charge in [-0.2, -0.15) is 0 Å². The van der Waals surface area contributed by atoms with Crippen LogP contribution >= 0.6 is 0 Å². The number of hydrogen-bond acceptors (Lipinski definition) is 4. The molecule has 0 aliphatic rings. The summed E-state index contributed by atoms with van der Waals surface area (Å²) in [6.07, 6.45) is -0.521. The Morgan fingerprint density at radius 3 is 2.08 bits per heavy atom. The molecule has 0 aliphatic heterocycles. The molecule has 1 N–H and O–H groups in total. The van der Waals surface area contributed by atoms with E-state index in [4.69, 9.17) is 8.85 Å². The van der Waals surface area contributed by atoms with Gasteiger partial charge in [0, 0.05) is 20.3 Å². The minimum atomic E-state index is -2.53. The first-order valence-electron chi connectivity index (χ1n) is 3.60. The number of hydrogen-bond donors (Lipinski definition) is 1. The van der Waals surface area contributed by atoms with E-state index >= 15 is 0 Å². The largest absolute Gasteiger partial charge is 0.461 e. The molecule has 0 aromatic rings. The van der Waals surface area contributed by atoms with Crippen LogP contribution in [-0.2, 0) is 13.6 Å². The Morgan fingerprint density at radius 2 is 1.83 bits per heavy atom. The fourth-order valence-electron chi connectivity index (χ4n) is 0.769. The van der Waals surface area contributed by atoms with Gasteiger partial charge in [0.25, 0.3) is 0 Å². The highest BCUT2D eigenvalue weighted by molar-refractivity contribution is 6.66. The average molecular weight is 193 g/mol. The second-order valence-corrected chi connectivity index (χ2v) is 5.41. The molecular weight excluding hydrogens is 178 g/mol. The molecule has 0 radical (unpaired) electrons. The highest BCUT2D eigenvalue weighted by atomic mass is 28.4. The van der Waals surface area contributed by atoms with Crippen LogP contribution in [0.1, 0.15) is 6.92 Å². The van der Waals surface area contributed by atoms with E-state index in [-0.39, 0.29) is 0 Å². The van der Waals surface area contributed by atoms with E-state index in [2.05, 4.69) is 9.72 Å². The minimum Gasteiger partial charge on any atom is -0.453 e. The number of methoxy groups -OCH3 is 1. The molecule has 0 spiro atoms. The lowest BCUT2D eigenvalue weighted by atomic mass is 11.0. The Balaban J connectivity index is 4.19. The van der Waals surface area contributed by atoms with Crippen LogP contribution in [0, 0.1) is 0 Å². The van der Waals surface area contributed by atoms with Crippen LogP contribution in [0.3, 0.4) is 0 Å². The highest BCUT2D eigenvalue weighted by Gasteiger charge is 2.37. The molecule has 0 rings (SSSR count). The minimum absolute atomic E-state index is 0.521. The predicted octanol–water partition coefficient (Wildman–Crippen LogP) is 0.594. The zero-order valence-electron chi connectivity index (χ0n) is 7.84. The molecule has 0 atom stereocenters. The van der Waals surface area contributed by atoms with Gasteiger partial charge in [-0.15, -0.1) is 0 Å². The summed E-state index contributed by atoms with van der Waals surface area (Å²) in [6, 6.07) is 0.634. The number of amides is 1. The molecule has 12 heavy (non-hydrogen) atoms. The Labute approximate surface area is 73.3 Å². The van der Waals surface area contributed by atoms with E-state index in [0.717, 1.165) is 0 Å². The number of ether oxygens (including phenoxy) is 1. The van der Waals surface area contributed by atoms with Crippen molar-refractivity contribution in [2.45, 2.75) is 13.0 Å². The van der Waals surface area contributed by atoms with Crippen molar-refractivity contribution in [1.82, 2.24) is 4.98 Å². The number of carbonyl (C=O) groups excluding carboxylic acids is 1. The van der Waals surface area contributed by atoms with Crippen LogP contribution in [0.5, 0.6) is 0 Å². The molecule has 0 saturated heterocycles. The fourth-order valence-corrected chi connectivity index (χ4v) is 2.31. The van der Waals surface area contributed by atoms with Crippen LogP contribution < -0.4 is 4.98 Å². The van der Waals surface area contributed by atoms with Gasteiger partial charge in [-0.3, -0.25) is 0 Å². The molecule has 0 fully saturated rings. The van der Waals surface area contributed by atoms with Crippen molar-refractivity contribution >= 4 is 14.8 Å². The summed E-state index contributed by atoms with van der Waals surface area (Å²) in [4.78, 5) is 13.4. The monoisotopic (exact) mass is 193 g/mol. The Bertz CT molecular complexity index is 140. The van der Waals surface area contributed by atoms with Crippen LogP contribution in [-0.4, -0.2) is 36.1 Å². The molecular formula is C6H15NO4Si. The smallest absolute Gasteiger partial charge is 0.453 e. The Hall–Kier alpha value is -0.593. The molecule has 1 amide bonds. The van der Waals surface area contributed by atoms with Crippen molar-refractivity contribution in [3.63, 3.8) is 0 Å². The van der Waals surface area contributed by atoms with Gasteiger partial charge in [0.15, 0.2) is 0 Å². The topological polar surface area (TPSA) is 56.8 Å². The van der Waals surface area contributed by atoms with E-state index in [0.29, 0.717) is 6.04 Å². The lowest BCUT2D eigenvalue weighted by Crippen LogP contribution is -2.56. The van der Waals surface area contributed by atoms with Gasteiger partial charge in [0.1, 0.15) is 0 Å². The normalized spacial score (nSPS) is 11.0. The van der Waals surface area contributed by atoms with Crippen LogP contribution in [0.2, 0.25) is 6.04 Å². The van der Waals surface area contributed by atoms with E-state index in [9.17, 15) is 4.79 Å². The van der Waals surface area contributed by atoms with Gasteiger partial charge in [-0.05, 0) is 0 Å². The summed E-state index contributed by atoms with van der Waals surface area (Å²) in [5, 5.41) is 0. The maximum atomic E-state index is 10.8. The molecule has 0 bridgehead atoms. The summed E-state index contributed by atoms with van der Waals surface area (Å²) in [7, 11) is 1.79. The molecule has 0 aromatic heterocycles. The van der Waals surface area contributed by atoms with Crippen molar-refractivity contribution in [2.75, 3.05) is 21.3 Å². The zero-order chi connectivity index (χ0) is 9.61. The maximum absolute atomic E-state index is 10.8. The van der Waals surface area contributed by atoms with Crippen molar-refractivity contribution in [3.8, 4) is 0 Å². The van der Waals surface area contributed by atoms with Gasteiger partial charge in [0.05, 0.1) is 7.11 Å². The second kappa shape index (κ2) is 5.12. The maximum Gasteiger partial charge on any atom is 0.461 e. The standard InChI is InChI=1S/C6H15NO4Si/c1-5-12(10-3,11-4)7-6(8)9-2/h5H2,1-4H3,(H,7,8). The highest BCUT2D eigenvalue weighted by Crippen LogP contribution is 2.06. The average Bonchev–Trinajstić information content (AvgIpc) is 2.14. The Morgan fingerprint density at radius 1 is 1.33 bits per heavy atom. The quantitative estimate of drug-likeness (QED) is 0.664. The third-order valence-corrected chi connectivity index (χ3v) is 4.44. The number of nitrogens with one attached hydrogen (secondary N) is 1. The summed E-state index contributed by atoms with van der Waals surface area (Å²) >= 11 is 0. The van der Waals surface area contributed by atoms with Gasteiger partial charge in [0.2, 0.25) is 0 Å². The summed E-state index contributed by atoms with van der Waals surface area (Å²) in [6.45, 7) is 1.88. The third kappa shape index (κ3) is 2.80. The molecule has 0 unspecified atom stereocenters. The van der Waals surface area contributed by atoms with Crippen molar-refractivity contribution in [2.24, 2.45) is 0 Å². The fraction of sp³-hybridized carbons (Fsp3) is 0.833. The van der Waals surface area contributed by atoms with E-state index in [1.165, 1.54) is 21.3 Å². The molecule has 0 aromatic carbocycles. The summed E-state index contributed by atoms with van der Waals surface area (Å²) in [5.74, 6) is 0. The number of rotatable bonds is 4. The molecule has 5 nitrogen and oxygen atoms in total. The van der Waals surface area contributed by atoms with Crippen LogP contribution in [0.4, 0.5) is 4.79 Å². The first-order chi connectivity index (χ1) is 5.64. The van der Waals surface area contributed by atoms with Crippen molar-refractivity contribution in [3.05, 3.63) is 0 Å². The first kappa shape index (κ1) is 11.4. The lowest BCUT2D eigenvalue weighted by Gasteiger charge is -2.24. The lowest BCUT2D eigenvalue weighted by molar-refractivity contribution is 0.164. The van der Waals surface area contributed by atoms with Crippen molar-refractivity contribution < 1.29 is 18.4 Å². The SMILES string of the molecule is CC[Si](NC(=O)OC)(OC)OC. The van der Waals surface area contributed by atoms with E-state index in [1.54, 1.807) is 0 Å². The molecule has 0 saturated carbocycles. The van der Waals surface area contributed by atoms with Gasteiger partial charge in [-0.1, -0.05) is 6.92 Å². The van der Waals surface area contributed by atoms with E-state index < -0.39 is 14.8 Å². The summed E-state index contributed by atoms with van der Waals surface area (Å²) < 4.78 is 14.7. The van der Waals surface area contributed by atoms with Crippen molar-refractivity contribution in [1.29, 1.82) is 0 Å². The Kier molecular flexibility index (Phi) is 4.87. The van der Waals surface area contributed by atoms with Gasteiger partial charge in [-0.25, -0.2) is 4.79 Å². The number of carbonyl (C=O) groups is 1.